The molecule has 4 heteroatoms. The standard InChI is InChI=1S/C15H18N2OS/c1-11-15(19-10-17-11)7-16-14-9-18-8-13(14)12-5-3-2-4-6-12/h2-6,10,13-14,16H,7-9H2,1H3. The van der Waals surface area contributed by atoms with E-state index < -0.39 is 0 Å². The molecular formula is C15H18N2OS. The number of ether oxygens (including phenoxy) is 1. The number of hydrogen-bond donors (Lipinski definition) is 1. The smallest absolute Gasteiger partial charge is 0.0798 e. The highest BCUT2D eigenvalue weighted by Crippen LogP contribution is 2.26. The number of nitrogens with one attached hydrogen (secondary N) is 1. The first-order valence-corrected chi connectivity index (χ1v) is 7.47. The molecule has 1 aliphatic heterocycles. The summed E-state index contributed by atoms with van der Waals surface area (Å²) in [4.78, 5) is 5.60. The Hall–Kier alpha value is -1.23. The molecule has 2 unspecified atom stereocenters. The lowest BCUT2D eigenvalue weighted by Gasteiger charge is -2.19. The van der Waals surface area contributed by atoms with Crippen molar-refractivity contribution in [2.24, 2.45) is 0 Å². The zero-order chi connectivity index (χ0) is 13.1. The van der Waals surface area contributed by atoms with Gasteiger partial charge in [-0.05, 0) is 12.5 Å². The number of thiazole rings is 1. The van der Waals surface area contributed by atoms with E-state index in [9.17, 15) is 0 Å². The average Bonchev–Trinajstić information content (AvgIpc) is 3.06. The first-order chi connectivity index (χ1) is 9.34. The normalized spacial score (nSPS) is 22.8. The van der Waals surface area contributed by atoms with Gasteiger partial charge in [0.15, 0.2) is 0 Å². The third-order valence-corrected chi connectivity index (χ3v) is 4.61. The first-order valence-electron chi connectivity index (χ1n) is 6.59. The third-order valence-electron chi connectivity index (χ3n) is 3.68. The molecule has 0 bridgehead atoms. The van der Waals surface area contributed by atoms with Crippen LogP contribution in [0.2, 0.25) is 0 Å². The number of hydrogen-bond acceptors (Lipinski definition) is 4. The maximum Gasteiger partial charge on any atom is 0.0798 e. The van der Waals surface area contributed by atoms with Gasteiger partial charge in [-0.3, -0.25) is 0 Å². The highest BCUT2D eigenvalue weighted by atomic mass is 32.1. The molecule has 0 radical (unpaired) electrons. The van der Waals surface area contributed by atoms with Crippen LogP contribution in [0.3, 0.4) is 0 Å². The van der Waals surface area contributed by atoms with Crippen LogP contribution in [-0.4, -0.2) is 24.2 Å². The molecule has 2 aromatic rings. The van der Waals surface area contributed by atoms with Gasteiger partial charge in [-0.1, -0.05) is 30.3 Å². The second-order valence-corrected chi connectivity index (χ2v) is 5.84. The second kappa shape index (κ2) is 5.82. The molecule has 3 nitrogen and oxygen atoms in total. The van der Waals surface area contributed by atoms with E-state index in [4.69, 9.17) is 4.74 Å². The van der Waals surface area contributed by atoms with Crippen molar-refractivity contribution in [1.82, 2.24) is 10.3 Å². The Morgan fingerprint density at radius 2 is 2.16 bits per heavy atom. The predicted molar refractivity (Wildman–Crippen MR) is 77.5 cm³/mol. The molecule has 1 saturated heterocycles. The molecular weight excluding hydrogens is 256 g/mol. The van der Waals surface area contributed by atoms with Crippen LogP contribution in [0.5, 0.6) is 0 Å². The maximum atomic E-state index is 5.65. The second-order valence-electron chi connectivity index (χ2n) is 4.90. The largest absolute Gasteiger partial charge is 0.379 e. The van der Waals surface area contributed by atoms with Crippen LogP contribution in [0.4, 0.5) is 0 Å². The van der Waals surface area contributed by atoms with Gasteiger partial charge in [0.2, 0.25) is 0 Å². The van der Waals surface area contributed by atoms with E-state index >= 15 is 0 Å². The fourth-order valence-electron chi connectivity index (χ4n) is 2.50. The molecule has 1 N–H and O–H groups in total. The van der Waals surface area contributed by atoms with Gasteiger partial charge >= 0.3 is 0 Å². The van der Waals surface area contributed by atoms with Crippen molar-refractivity contribution < 1.29 is 4.74 Å². The number of nitrogens with zero attached hydrogens (tertiary/aromatic N) is 1. The minimum absolute atomic E-state index is 0.393. The highest BCUT2D eigenvalue weighted by molar-refractivity contribution is 7.09. The van der Waals surface area contributed by atoms with Crippen molar-refractivity contribution in [3.63, 3.8) is 0 Å². The first kappa shape index (κ1) is 12.8. The fourth-order valence-corrected chi connectivity index (χ4v) is 3.23. The lowest BCUT2D eigenvalue weighted by molar-refractivity contribution is 0.187. The summed E-state index contributed by atoms with van der Waals surface area (Å²) in [6.07, 6.45) is 0. The molecule has 19 heavy (non-hydrogen) atoms. The van der Waals surface area contributed by atoms with E-state index in [1.807, 2.05) is 5.51 Å². The minimum Gasteiger partial charge on any atom is -0.379 e. The van der Waals surface area contributed by atoms with Crippen molar-refractivity contribution in [2.45, 2.75) is 25.4 Å². The molecule has 1 aromatic heterocycles. The Balaban J connectivity index is 1.66. The molecule has 1 aromatic carbocycles. The summed E-state index contributed by atoms with van der Waals surface area (Å²) in [5.74, 6) is 0.453. The quantitative estimate of drug-likeness (QED) is 0.931. The molecule has 100 valence electrons. The summed E-state index contributed by atoms with van der Waals surface area (Å²) in [6.45, 7) is 4.54. The fraction of sp³-hybridized carbons (Fsp3) is 0.400. The van der Waals surface area contributed by atoms with E-state index in [-0.39, 0.29) is 0 Å². The van der Waals surface area contributed by atoms with Crippen LogP contribution in [0.25, 0.3) is 0 Å². The number of aryl methyl sites for hydroxylation is 1. The van der Waals surface area contributed by atoms with Gasteiger partial charge in [0.25, 0.3) is 0 Å². The van der Waals surface area contributed by atoms with Crippen LogP contribution >= 0.6 is 11.3 Å². The van der Waals surface area contributed by atoms with Crippen LogP contribution in [0.1, 0.15) is 22.1 Å². The summed E-state index contributed by atoms with van der Waals surface area (Å²) in [6, 6.07) is 11.0. The number of rotatable bonds is 4. The SMILES string of the molecule is Cc1ncsc1CNC1COCC1c1ccccc1. The molecule has 2 heterocycles. The highest BCUT2D eigenvalue weighted by Gasteiger charge is 2.29. The lowest BCUT2D eigenvalue weighted by Crippen LogP contribution is -2.33. The minimum atomic E-state index is 0.393. The van der Waals surface area contributed by atoms with E-state index in [0.29, 0.717) is 12.0 Å². The molecule has 0 aliphatic carbocycles. The van der Waals surface area contributed by atoms with Crippen LogP contribution < -0.4 is 5.32 Å². The average molecular weight is 274 g/mol. The van der Waals surface area contributed by atoms with Crippen LogP contribution in [0, 0.1) is 6.92 Å². The Morgan fingerprint density at radius 1 is 1.32 bits per heavy atom. The maximum absolute atomic E-state index is 5.65. The number of aromatic nitrogens is 1. The summed E-state index contributed by atoms with van der Waals surface area (Å²) in [5.41, 5.74) is 4.40. The number of benzene rings is 1. The molecule has 1 aliphatic rings. The Morgan fingerprint density at radius 3 is 2.89 bits per heavy atom. The van der Waals surface area contributed by atoms with Gasteiger partial charge in [-0.15, -0.1) is 11.3 Å². The molecule has 0 saturated carbocycles. The van der Waals surface area contributed by atoms with Crippen molar-refractivity contribution in [3.8, 4) is 0 Å². The molecule has 2 atom stereocenters. The van der Waals surface area contributed by atoms with Gasteiger partial charge in [-0.25, -0.2) is 4.98 Å². The monoisotopic (exact) mass is 274 g/mol. The Labute approximate surface area is 117 Å². The molecule has 0 amide bonds. The molecule has 1 fully saturated rings. The third kappa shape index (κ3) is 2.86. The van der Waals surface area contributed by atoms with Crippen LogP contribution in [-0.2, 0) is 11.3 Å². The molecule has 3 rings (SSSR count). The summed E-state index contributed by atoms with van der Waals surface area (Å²) in [5, 5.41) is 3.62. The zero-order valence-corrected chi connectivity index (χ0v) is 11.8. The van der Waals surface area contributed by atoms with Crippen molar-refractivity contribution in [2.75, 3.05) is 13.2 Å². The molecule has 0 spiro atoms. The van der Waals surface area contributed by atoms with Gasteiger partial charge in [0, 0.05) is 23.4 Å². The van der Waals surface area contributed by atoms with Crippen LogP contribution in [0.15, 0.2) is 35.8 Å². The van der Waals surface area contributed by atoms with Gasteiger partial charge in [0.1, 0.15) is 0 Å². The van der Waals surface area contributed by atoms with E-state index in [2.05, 4.69) is 47.6 Å². The Bertz CT molecular complexity index is 526. The van der Waals surface area contributed by atoms with Gasteiger partial charge in [-0.2, -0.15) is 0 Å². The van der Waals surface area contributed by atoms with E-state index in [0.717, 1.165) is 25.5 Å². The van der Waals surface area contributed by atoms with Crippen molar-refractivity contribution in [1.29, 1.82) is 0 Å². The Kier molecular flexibility index (Phi) is 3.92. The van der Waals surface area contributed by atoms with Crippen molar-refractivity contribution in [3.05, 3.63) is 52.0 Å². The predicted octanol–water partition coefficient (Wildman–Crippen LogP) is 2.72. The van der Waals surface area contributed by atoms with E-state index in [1.165, 1.54) is 10.4 Å². The summed E-state index contributed by atoms with van der Waals surface area (Å²) in [7, 11) is 0. The van der Waals surface area contributed by atoms with E-state index in [1.54, 1.807) is 11.3 Å². The van der Waals surface area contributed by atoms with Gasteiger partial charge in [0.05, 0.1) is 24.4 Å². The lowest BCUT2D eigenvalue weighted by atomic mass is 9.94. The zero-order valence-electron chi connectivity index (χ0n) is 11.0. The summed E-state index contributed by atoms with van der Waals surface area (Å²) >= 11 is 1.72. The van der Waals surface area contributed by atoms with Gasteiger partial charge < -0.3 is 10.1 Å². The van der Waals surface area contributed by atoms with Crippen molar-refractivity contribution >= 4 is 11.3 Å². The summed E-state index contributed by atoms with van der Waals surface area (Å²) < 4.78 is 5.65. The topological polar surface area (TPSA) is 34.2 Å².